The van der Waals surface area contributed by atoms with E-state index in [2.05, 4.69) is 17.1 Å². The Morgan fingerprint density at radius 1 is 1.29 bits per heavy atom. The number of hydrogen-bond acceptors (Lipinski definition) is 2. The number of benzene rings is 1. The van der Waals surface area contributed by atoms with Gasteiger partial charge in [0.25, 0.3) is 0 Å². The normalized spacial score (nSPS) is 13.0. The highest BCUT2D eigenvalue weighted by molar-refractivity contribution is 5.20. The van der Waals surface area contributed by atoms with Gasteiger partial charge in [-0.1, -0.05) is 25.1 Å². The molecular weight excluding hydrogens is 215 g/mol. The third-order valence-electron chi connectivity index (χ3n) is 3.08. The van der Waals surface area contributed by atoms with Gasteiger partial charge in [0.15, 0.2) is 0 Å². The Hall–Kier alpha value is -0.930. The van der Waals surface area contributed by atoms with Crippen molar-refractivity contribution in [2.24, 2.45) is 0 Å². The van der Waals surface area contributed by atoms with Crippen molar-refractivity contribution in [1.82, 2.24) is 10.2 Å². The van der Waals surface area contributed by atoms with Gasteiger partial charge in [0.2, 0.25) is 0 Å². The number of nitrogens with zero attached hydrogens (tertiary/aromatic N) is 1. The minimum Gasteiger partial charge on any atom is -0.315 e. The van der Waals surface area contributed by atoms with Gasteiger partial charge in [-0.15, -0.1) is 0 Å². The van der Waals surface area contributed by atoms with Crippen LogP contribution in [0.1, 0.15) is 31.9 Å². The van der Waals surface area contributed by atoms with Gasteiger partial charge in [-0.2, -0.15) is 0 Å². The molecule has 1 atom stereocenters. The molecule has 0 radical (unpaired) electrons. The first-order valence-corrected chi connectivity index (χ1v) is 6.32. The fourth-order valence-corrected chi connectivity index (χ4v) is 1.80. The highest BCUT2D eigenvalue weighted by Gasteiger charge is 2.14. The molecule has 0 aromatic heterocycles. The predicted molar refractivity (Wildman–Crippen MR) is 70.6 cm³/mol. The molecule has 1 rings (SSSR count). The minimum absolute atomic E-state index is 0.111. The Balaban J connectivity index is 2.46. The Bertz CT molecular complexity index is 328. The van der Waals surface area contributed by atoms with E-state index >= 15 is 0 Å². The molecule has 0 amide bonds. The van der Waals surface area contributed by atoms with Crippen molar-refractivity contribution in [2.45, 2.75) is 26.3 Å². The SMILES string of the molecule is CCCNCCN(C)C(C)c1ccccc1F. The van der Waals surface area contributed by atoms with Crippen molar-refractivity contribution in [3.63, 3.8) is 0 Å². The highest BCUT2D eigenvalue weighted by Crippen LogP contribution is 2.20. The summed E-state index contributed by atoms with van der Waals surface area (Å²) < 4.78 is 13.6. The van der Waals surface area contributed by atoms with Crippen molar-refractivity contribution >= 4 is 0 Å². The van der Waals surface area contributed by atoms with Crippen LogP contribution in [0.15, 0.2) is 24.3 Å². The van der Waals surface area contributed by atoms with Crippen LogP contribution in [0.3, 0.4) is 0 Å². The van der Waals surface area contributed by atoms with Gasteiger partial charge >= 0.3 is 0 Å². The van der Waals surface area contributed by atoms with E-state index in [1.807, 2.05) is 26.1 Å². The largest absolute Gasteiger partial charge is 0.315 e. The van der Waals surface area contributed by atoms with Gasteiger partial charge in [-0.05, 0) is 33.0 Å². The van der Waals surface area contributed by atoms with Gasteiger partial charge in [0.05, 0.1) is 0 Å². The van der Waals surface area contributed by atoms with Crippen LogP contribution in [0.5, 0.6) is 0 Å². The Kier molecular flexibility index (Phi) is 6.16. The maximum absolute atomic E-state index is 13.6. The molecule has 1 aromatic carbocycles. The summed E-state index contributed by atoms with van der Waals surface area (Å²) in [7, 11) is 2.03. The Labute approximate surface area is 104 Å². The molecule has 0 heterocycles. The molecule has 0 bridgehead atoms. The average molecular weight is 238 g/mol. The third-order valence-corrected chi connectivity index (χ3v) is 3.08. The summed E-state index contributed by atoms with van der Waals surface area (Å²) in [6, 6.07) is 7.11. The molecule has 17 heavy (non-hydrogen) atoms. The molecule has 0 aliphatic rings. The fourth-order valence-electron chi connectivity index (χ4n) is 1.80. The molecule has 0 aliphatic heterocycles. The Morgan fingerprint density at radius 3 is 2.65 bits per heavy atom. The summed E-state index contributed by atoms with van der Waals surface area (Å²) in [6.07, 6.45) is 1.15. The molecule has 0 saturated carbocycles. The van der Waals surface area contributed by atoms with Crippen molar-refractivity contribution in [3.05, 3.63) is 35.6 Å². The lowest BCUT2D eigenvalue weighted by Gasteiger charge is -2.25. The molecule has 3 heteroatoms. The second-order valence-corrected chi connectivity index (χ2v) is 4.43. The van der Waals surface area contributed by atoms with E-state index in [-0.39, 0.29) is 11.9 Å². The Morgan fingerprint density at radius 2 is 2.00 bits per heavy atom. The van der Waals surface area contributed by atoms with Gasteiger partial charge in [-0.3, -0.25) is 4.90 Å². The van der Waals surface area contributed by atoms with Crippen LogP contribution in [0, 0.1) is 5.82 Å². The number of likely N-dealkylation sites (N-methyl/N-ethyl adjacent to an activating group) is 1. The topological polar surface area (TPSA) is 15.3 Å². The number of nitrogens with one attached hydrogen (secondary N) is 1. The first-order valence-electron chi connectivity index (χ1n) is 6.32. The fraction of sp³-hybridized carbons (Fsp3) is 0.571. The average Bonchev–Trinajstić information content (AvgIpc) is 2.34. The molecule has 2 nitrogen and oxygen atoms in total. The zero-order valence-corrected chi connectivity index (χ0v) is 11.0. The lowest BCUT2D eigenvalue weighted by molar-refractivity contribution is 0.256. The van der Waals surface area contributed by atoms with Crippen LogP contribution in [-0.2, 0) is 0 Å². The molecule has 0 spiro atoms. The molecule has 1 aromatic rings. The molecule has 1 N–H and O–H groups in total. The van der Waals surface area contributed by atoms with Gasteiger partial charge in [0.1, 0.15) is 5.82 Å². The van der Waals surface area contributed by atoms with E-state index in [4.69, 9.17) is 0 Å². The second kappa shape index (κ2) is 7.41. The van der Waals surface area contributed by atoms with Crippen LogP contribution in [-0.4, -0.2) is 31.6 Å². The second-order valence-electron chi connectivity index (χ2n) is 4.43. The molecule has 0 aliphatic carbocycles. The highest BCUT2D eigenvalue weighted by atomic mass is 19.1. The standard InChI is InChI=1S/C14H23FN2/c1-4-9-16-10-11-17(3)12(2)13-7-5-6-8-14(13)15/h5-8,12,16H,4,9-11H2,1-3H3. The molecule has 0 saturated heterocycles. The number of rotatable bonds is 7. The van der Waals surface area contributed by atoms with Crippen LogP contribution in [0.4, 0.5) is 4.39 Å². The van der Waals surface area contributed by atoms with Gasteiger partial charge < -0.3 is 5.32 Å². The first kappa shape index (κ1) is 14.1. The summed E-state index contributed by atoms with van der Waals surface area (Å²) in [6.45, 7) is 7.11. The quantitative estimate of drug-likeness (QED) is 0.735. The maximum Gasteiger partial charge on any atom is 0.127 e. The lowest BCUT2D eigenvalue weighted by atomic mass is 10.1. The van der Waals surface area contributed by atoms with Crippen LogP contribution >= 0.6 is 0 Å². The van der Waals surface area contributed by atoms with Gasteiger partial charge in [0, 0.05) is 24.7 Å². The molecule has 96 valence electrons. The van der Waals surface area contributed by atoms with E-state index in [0.717, 1.165) is 31.6 Å². The first-order chi connectivity index (χ1) is 8.16. The summed E-state index contributed by atoms with van der Waals surface area (Å²) in [5, 5.41) is 3.35. The lowest BCUT2D eigenvalue weighted by Crippen LogP contribution is -2.31. The van der Waals surface area contributed by atoms with Crippen molar-refractivity contribution < 1.29 is 4.39 Å². The summed E-state index contributed by atoms with van der Waals surface area (Å²) in [5.41, 5.74) is 0.769. The van der Waals surface area contributed by atoms with Crippen molar-refractivity contribution in [2.75, 3.05) is 26.7 Å². The van der Waals surface area contributed by atoms with Gasteiger partial charge in [-0.25, -0.2) is 4.39 Å². The summed E-state index contributed by atoms with van der Waals surface area (Å²) in [5.74, 6) is -0.117. The van der Waals surface area contributed by atoms with E-state index in [1.165, 1.54) is 6.07 Å². The summed E-state index contributed by atoms with van der Waals surface area (Å²) in [4.78, 5) is 2.17. The monoisotopic (exact) mass is 238 g/mol. The smallest absolute Gasteiger partial charge is 0.127 e. The van der Waals surface area contributed by atoms with Crippen molar-refractivity contribution in [3.8, 4) is 0 Å². The van der Waals surface area contributed by atoms with Crippen LogP contribution < -0.4 is 5.32 Å². The van der Waals surface area contributed by atoms with Crippen molar-refractivity contribution in [1.29, 1.82) is 0 Å². The van der Waals surface area contributed by atoms with Crippen LogP contribution in [0.25, 0.3) is 0 Å². The number of halogens is 1. The third kappa shape index (κ3) is 4.44. The number of hydrogen-bond donors (Lipinski definition) is 1. The maximum atomic E-state index is 13.6. The van der Waals surface area contributed by atoms with E-state index in [9.17, 15) is 4.39 Å². The van der Waals surface area contributed by atoms with E-state index in [0.29, 0.717) is 0 Å². The molecule has 1 unspecified atom stereocenters. The zero-order chi connectivity index (χ0) is 12.7. The van der Waals surface area contributed by atoms with E-state index < -0.39 is 0 Å². The molecular formula is C14H23FN2. The zero-order valence-electron chi connectivity index (χ0n) is 11.0. The molecule has 0 fully saturated rings. The predicted octanol–water partition coefficient (Wildman–Crippen LogP) is 2.82. The summed E-state index contributed by atoms with van der Waals surface area (Å²) >= 11 is 0. The van der Waals surface area contributed by atoms with Crippen LogP contribution in [0.2, 0.25) is 0 Å². The minimum atomic E-state index is -0.117. The van der Waals surface area contributed by atoms with E-state index in [1.54, 1.807) is 6.07 Å².